The molecule has 0 aliphatic carbocycles. The van der Waals surface area contributed by atoms with Crippen LogP contribution in [-0.2, 0) is 6.54 Å². The zero-order valence-electron chi connectivity index (χ0n) is 15.1. The van der Waals surface area contributed by atoms with Gasteiger partial charge in [-0.1, -0.05) is 23.7 Å². The molecule has 4 heterocycles. The van der Waals surface area contributed by atoms with Crippen LogP contribution in [0.3, 0.4) is 0 Å². The van der Waals surface area contributed by atoms with Crippen LogP contribution in [0, 0.1) is 0 Å². The Morgan fingerprint density at radius 2 is 2.14 bits per heavy atom. The van der Waals surface area contributed by atoms with E-state index in [-0.39, 0.29) is 5.92 Å². The number of thiazole rings is 1. The summed E-state index contributed by atoms with van der Waals surface area (Å²) < 4.78 is 0. The largest absolute Gasteiger partial charge is 0.363 e. The smallest absolute Gasteiger partial charge is 0.139 e. The van der Waals surface area contributed by atoms with Crippen LogP contribution in [0.25, 0.3) is 21.7 Å². The summed E-state index contributed by atoms with van der Waals surface area (Å²) in [6.45, 7) is 1.50. The van der Waals surface area contributed by atoms with Crippen LogP contribution in [-0.4, -0.2) is 39.8 Å². The number of likely N-dealkylation sites (N-methyl/N-ethyl adjacent to an activating group) is 1. The Morgan fingerprint density at radius 3 is 2.93 bits per heavy atom. The van der Waals surface area contributed by atoms with E-state index in [0.29, 0.717) is 11.7 Å². The van der Waals surface area contributed by atoms with Crippen molar-refractivity contribution in [2.24, 2.45) is 5.10 Å². The first kappa shape index (κ1) is 17.3. The molecule has 28 heavy (non-hydrogen) atoms. The van der Waals surface area contributed by atoms with Gasteiger partial charge in [-0.15, -0.1) is 11.3 Å². The molecular weight excluding hydrogens is 392 g/mol. The molecule has 1 atom stereocenters. The number of aromatic nitrogens is 3. The summed E-state index contributed by atoms with van der Waals surface area (Å²) in [4.78, 5) is 13.4. The van der Waals surface area contributed by atoms with Gasteiger partial charge in [0.05, 0.1) is 12.1 Å². The lowest BCUT2D eigenvalue weighted by Crippen LogP contribution is -2.12. The number of nitrogens with one attached hydrogen (secondary N) is 1. The molecule has 1 N–H and O–H groups in total. The van der Waals surface area contributed by atoms with E-state index in [4.69, 9.17) is 16.6 Å². The van der Waals surface area contributed by atoms with E-state index < -0.39 is 0 Å². The average Bonchev–Trinajstić information content (AvgIpc) is 3.37. The van der Waals surface area contributed by atoms with Crippen molar-refractivity contribution in [3.8, 4) is 0 Å². The van der Waals surface area contributed by atoms with Crippen LogP contribution in [0.15, 0.2) is 47.1 Å². The van der Waals surface area contributed by atoms with Crippen LogP contribution in [0.5, 0.6) is 0 Å². The number of rotatable bonds is 4. The molecule has 1 aromatic carbocycles. The van der Waals surface area contributed by atoms with Gasteiger partial charge in [0.2, 0.25) is 0 Å². The van der Waals surface area contributed by atoms with Gasteiger partial charge < -0.3 is 5.32 Å². The first-order valence-corrected chi connectivity index (χ1v) is 10.2. The number of anilines is 1. The molecule has 0 bridgehead atoms. The fraction of sp³-hybridized carbons (Fsp3) is 0.200. The number of hydrazone groups is 1. The minimum atomic E-state index is 0.264. The van der Waals surface area contributed by atoms with Crippen molar-refractivity contribution in [3.63, 3.8) is 0 Å². The molecular formula is C20H17ClN6S. The van der Waals surface area contributed by atoms with Gasteiger partial charge in [-0.05, 0) is 23.1 Å². The molecule has 6 nitrogen and oxygen atoms in total. The Bertz CT molecular complexity index is 1190. The van der Waals surface area contributed by atoms with Crippen molar-refractivity contribution in [1.82, 2.24) is 20.0 Å². The molecule has 1 aliphatic rings. The molecule has 3 aromatic heterocycles. The Labute approximate surface area is 170 Å². The fourth-order valence-corrected chi connectivity index (χ4v) is 4.37. The zero-order chi connectivity index (χ0) is 19.1. The normalized spacial score (nSPS) is 16.4. The molecule has 0 spiro atoms. The molecule has 140 valence electrons. The van der Waals surface area contributed by atoms with Crippen LogP contribution >= 0.6 is 22.9 Å². The zero-order valence-corrected chi connectivity index (χ0v) is 16.7. The Hall–Kier alpha value is -2.77. The molecule has 0 fully saturated rings. The summed E-state index contributed by atoms with van der Waals surface area (Å²) in [5, 5.41) is 16.2. The molecule has 4 aromatic rings. The van der Waals surface area contributed by atoms with E-state index in [1.807, 2.05) is 35.9 Å². The van der Waals surface area contributed by atoms with E-state index >= 15 is 0 Å². The number of halogens is 1. The molecule has 0 amide bonds. The maximum atomic E-state index is 6.47. The monoisotopic (exact) mass is 408 g/mol. The maximum Gasteiger partial charge on any atom is 0.139 e. The van der Waals surface area contributed by atoms with E-state index in [9.17, 15) is 0 Å². The highest BCUT2D eigenvalue weighted by Crippen LogP contribution is 2.35. The summed E-state index contributed by atoms with van der Waals surface area (Å²) >= 11 is 8.09. The Balaban J connectivity index is 1.66. The van der Waals surface area contributed by atoms with Crippen LogP contribution in [0.1, 0.15) is 16.5 Å². The number of nitrogens with zero attached hydrogens (tertiary/aromatic N) is 5. The van der Waals surface area contributed by atoms with Gasteiger partial charge in [-0.2, -0.15) is 5.10 Å². The molecule has 1 unspecified atom stereocenters. The SMILES string of the molecule is CN1CC(c2ccc3c(NCc4nccs4)nc4ccnc(Cl)c4c3c2)C=N1. The fourth-order valence-electron chi connectivity index (χ4n) is 3.55. The average molecular weight is 409 g/mol. The van der Waals surface area contributed by atoms with Crippen molar-refractivity contribution in [3.05, 3.63) is 57.8 Å². The van der Waals surface area contributed by atoms with Gasteiger partial charge in [-0.25, -0.2) is 15.0 Å². The second-order valence-corrected chi connectivity index (χ2v) is 8.09. The van der Waals surface area contributed by atoms with Crippen LogP contribution < -0.4 is 5.32 Å². The highest BCUT2D eigenvalue weighted by molar-refractivity contribution is 7.09. The second kappa shape index (κ2) is 7.00. The molecule has 1 aliphatic heterocycles. The third-order valence-corrected chi connectivity index (χ3v) is 5.97. The number of benzene rings is 1. The summed E-state index contributed by atoms with van der Waals surface area (Å²) in [5.41, 5.74) is 2.03. The standard InChI is InChI=1S/C20H17ClN6S/c1-27-11-13(9-25-27)12-2-3-14-15(8-12)18-16(4-5-23-19(18)21)26-20(14)24-10-17-22-6-7-28-17/h2-9,13H,10-11H2,1H3,(H,24,26). The third-order valence-electron chi connectivity index (χ3n) is 4.91. The van der Waals surface area contributed by atoms with Crippen molar-refractivity contribution < 1.29 is 0 Å². The number of pyridine rings is 2. The lowest BCUT2D eigenvalue weighted by Gasteiger charge is -2.15. The van der Waals surface area contributed by atoms with Crippen LogP contribution in [0.2, 0.25) is 5.15 Å². The summed E-state index contributed by atoms with van der Waals surface area (Å²) in [5.74, 6) is 1.09. The third kappa shape index (κ3) is 3.06. The molecule has 0 radical (unpaired) electrons. The van der Waals surface area contributed by atoms with Crippen molar-refractivity contribution in [2.75, 3.05) is 18.9 Å². The van der Waals surface area contributed by atoms with Crippen LogP contribution in [0.4, 0.5) is 5.82 Å². The van der Waals surface area contributed by atoms with Crippen molar-refractivity contribution >= 4 is 56.6 Å². The maximum absolute atomic E-state index is 6.47. The quantitative estimate of drug-likeness (QED) is 0.397. The van der Waals surface area contributed by atoms with Gasteiger partial charge in [-0.3, -0.25) is 5.01 Å². The summed E-state index contributed by atoms with van der Waals surface area (Å²) in [6.07, 6.45) is 5.49. The number of hydrogen-bond acceptors (Lipinski definition) is 7. The van der Waals surface area contributed by atoms with E-state index in [2.05, 4.69) is 38.6 Å². The van der Waals surface area contributed by atoms with E-state index in [0.717, 1.165) is 39.0 Å². The first-order valence-electron chi connectivity index (χ1n) is 8.94. The minimum Gasteiger partial charge on any atom is -0.363 e. The van der Waals surface area contributed by atoms with Crippen molar-refractivity contribution in [2.45, 2.75) is 12.5 Å². The lowest BCUT2D eigenvalue weighted by atomic mass is 9.96. The van der Waals surface area contributed by atoms with Gasteiger partial charge in [0.15, 0.2) is 0 Å². The lowest BCUT2D eigenvalue weighted by molar-refractivity contribution is 0.381. The Kier molecular flexibility index (Phi) is 4.33. The predicted molar refractivity (Wildman–Crippen MR) is 115 cm³/mol. The number of fused-ring (bicyclic) bond motifs is 3. The predicted octanol–water partition coefficient (Wildman–Crippen LogP) is 4.52. The van der Waals surface area contributed by atoms with Gasteiger partial charge in [0, 0.05) is 54.3 Å². The summed E-state index contributed by atoms with van der Waals surface area (Å²) in [6, 6.07) is 8.34. The summed E-state index contributed by atoms with van der Waals surface area (Å²) in [7, 11) is 1.98. The Morgan fingerprint density at radius 1 is 1.21 bits per heavy atom. The first-order chi connectivity index (χ1) is 13.7. The molecule has 0 saturated heterocycles. The van der Waals surface area contributed by atoms with E-state index in [1.54, 1.807) is 17.5 Å². The van der Waals surface area contributed by atoms with Gasteiger partial charge >= 0.3 is 0 Å². The highest BCUT2D eigenvalue weighted by atomic mass is 35.5. The topological polar surface area (TPSA) is 66.3 Å². The molecule has 8 heteroatoms. The van der Waals surface area contributed by atoms with E-state index in [1.165, 1.54) is 5.56 Å². The minimum absolute atomic E-state index is 0.264. The van der Waals surface area contributed by atoms with Gasteiger partial charge in [0.1, 0.15) is 16.0 Å². The second-order valence-electron chi connectivity index (χ2n) is 6.75. The van der Waals surface area contributed by atoms with Crippen molar-refractivity contribution in [1.29, 1.82) is 0 Å². The highest BCUT2D eigenvalue weighted by Gasteiger charge is 2.19. The number of hydrogen-bond donors (Lipinski definition) is 1. The van der Waals surface area contributed by atoms with Gasteiger partial charge in [0.25, 0.3) is 0 Å². The molecule has 0 saturated carbocycles. The molecule has 5 rings (SSSR count).